The number of fused-ring (bicyclic) bond motifs is 3. The number of carbonyl (C=O) groups excluding carboxylic acids is 12. The van der Waals surface area contributed by atoms with Gasteiger partial charge in [-0.1, -0.05) is 169 Å². The summed E-state index contributed by atoms with van der Waals surface area (Å²) in [5.74, 6) is -3.61. The summed E-state index contributed by atoms with van der Waals surface area (Å²) >= 11 is 2.97. The van der Waals surface area contributed by atoms with Crippen LogP contribution in [-0.2, 0) is 105 Å². The summed E-state index contributed by atoms with van der Waals surface area (Å²) in [7, 11) is 1.90. The highest BCUT2D eigenvalue weighted by molar-refractivity contribution is 7.13. The lowest BCUT2D eigenvalue weighted by Gasteiger charge is -2.35. The van der Waals surface area contributed by atoms with Gasteiger partial charge in [0.2, 0.25) is 17.7 Å². The minimum absolute atomic E-state index is 0.0466. The summed E-state index contributed by atoms with van der Waals surface area (Å²) in [5.41, 5.74) is 18.4. The Morgan fingerprint density at radius 2 is 0.779 bits per heavy atom. The highest BCUT2D eigenvalue weighted by atomic mass is 32.1. The van der Waals surface area contributed by atoms with Crippen LogP contribution in [0.5, 0.6) is 0 Å². The number of ketones is 4. The van der Waals surface area contributed by atoms with Gasteiger partial charge in [0.05, 0.1) is 99.7 Å². The molecule has 5 saturated heterocycles. The molecule has 10 aromatic rings. The van der Waals surface area contributed by atoms with Gasteiger partial charge in [0.1, 0.15) is 23.9 Å². The number of thiazole rings is 2. The van der Waals surface area contributed by atoms with Crippen molar-refractivity contribution in [1.82, 2.24) is 54.0 Å². The molecule has 0 spiro atoms. The van der Waals surface area contributed by atoms with E-state index in [0.29, 0.717) is 79.6 Å². The van der Waals surface area contributed by atoms with Gasteiger partial charge in [-0.2, -0.15) is 5.10 Å². The van der Waals surface area contributed by atoms with Crippen molar-refractivity contribution in [3.8, 4) is 32.1 Å². The Hall–Kier alpha value is -13.0. The van der Waals surface area contributed by atoms with Gasteiger partial charge in [0, 0.05) is 158 Å². The quantitative estimate of drug-likeness (QED) is 0.0293. The van der Waals surface area contributed by atoms with Crippen molar-refractivity contribution < 1.29 is 91.8 Å². The van der Waals surface area contributed by atoms with E-state index in [1.807, 2.05) is 182 Å². The smallest absolute Gasteiger partial charge is 0.303 e. The van der Waals surface area contributed by atoms with Crippen LogP contribution in [0.1, 0.15) is 188 Å². The highest BCUT2D eigenvalue weighted by Crippen LogP contribution is 2.39. The van der Waals surface area contributed by atoms with Gasteiger partial charge < -0.3 is 69.1 Å². The number of aliphatic hydroxyl groups is 4. The number of aromatic nitrogens is 4. The van der Waals surface area contributed by atoms with Crippen LogP contribution in [-0.4, -0.2) is 270 Å². The van der Waals surface area contributed by atoms with Crippen molar-refractivity contribution in [1.29, 1.82) is 0 Å². The molecule has 7 amide bonds. The van der Waals surface area contributed by atoms with E-state index < -0.39 is 84.7 Å². The van der Waals surface area contributed by atoms with Gasteiger partial charge in [-0.25, -0.2) is 14.4 Å². The molecule has 7 aromatic carbocycles. The fraction of sp³-hybridized carbons (Fsp3) is 0.438. The number of Topliss-reactive ketones (excluding diaryl/α,β-unsaturated/α-hetero) is 4. The number of rotatable bonds is 31. The number of likely N-dealkylation sites (tertiary alicyclic amines) is 4. The molecule has 0 radical (unpaired) electrons. The minimum atomic E-state index is -0.981. The number of hydrogen-bond acceptors (Lipinski definition) is 24. The number of morpholine rings is 1. The number of ether oxygens (including phenoxy) is 2. The molecule has 33 heteroatoms. The van der Waals surface area contributed by atoms with E-state index >= 15 is 0 Å². The number of nitrogens with zero attached hydrogens (tertiary/aromatic N) is 12. The van der Waals surface area contributed by atoms with Crippen LogP contribution in [0.3, 0.4) is 0 Å². The van der Waals surface area contributed by atoms with Gasteiger partial charge in [0.15, 0.2) is 29.2 Å². The number of β-amino-alcohol motifs (C(OH)–C–C–N with tert-alkyl or cyclic N) is 4. The van der Waals surface area contributed by atoms with Gasteiger partial charge in [-0.05, 0) is 157 Å². The van der Waals surface area contributed by atoms with Crippen LogP contribution >= 0.6 is 22.7 Å². The molecule has 30 nitrogen and oxygen atoms in total. The fourth-order valence-corrected chi connectivity index (χ4v) is 22.8. The predicted octanol–water partition coefficient (Wildman–Crippen LogP) is 12.8. The predicted molar refractivity (Wildman–Crippen MR) is 547 cm³/mol. The van der Waals surface area contributed by atoms with Crippen LogP contribution in [0.4, 0.5) is 10.1 Å². The first kappa shape index (κ1) is 106. The molecule has 4 N–H and O–H groups in total. The zero-order chi connectivity index (χ0) is 103. The first-order valence-electron chi connectivity index (χ1n) is 50.0. The third-order valence-electron chi connectivity index (χ3n) is 28.6. The first-order valence-corrected chi connectivity index (χ1v) is 51.8. The fourth-order valence-electron chi connectivity index (χ4n) is 21.1. The van der Waals surface area contributed by atoms with Crippen molar-refractivity contribution in [2.45, 2.75) is 239 Å². The summed E-state index contributed by atoms with van der Waals surface area (Å²) in [6.45, 7) is 22.6. The van der Waals surface area contributed by atoms with E-state index in [-0.39, 0.29) is 153 Å². The van der Waals surface area contributed by atoms with Crippen molar-refractivity contribution in [3.63, 3.8) is 0 Å². The van der Waals surface area contributed by atoms with Crippen molar-refractivity contribution in [3.05, 3.63) is 260 Å². The Bertz CT molecular complexity index is 6380. The molecule has 3 aromatic heterocycles. The average Bonchev–Trinajstić information content (AvgIpc) is 1.63. The Morgan fingerprint density at radius 1 is 0.434 bits per heavy atom. The second kappa shape index (κ2) is 47.4. The molecule has 145 heavy (non-hydrogen) atoms. The van der Waals surface area contributed by atoms with Crippen molar-refractivity contribution in [2.24, 2.45) is 24.8 Å². The molecule has 764 valence electrons. The van der Waals surface area contributed by atoms with Gasteiger partial charge in [0.25, 0.3) is 23.6 Å². The SMILES string of the molecule is CC(=O)O[C@@H](C)C(=O)N1C[C@H](O)C[C@H]1C(=O)CCc1ccc(-c2scnc2C)cc1.CC(C)[C@@H](C(=O)N1C[C@H](O)C[C@H]1C(=O)CCc1ccc(-c2ccnn2C)cc1)N1Cc2ccccc2C1=O.CC(C)[C@@H](C(=O)N1C[C@H](O)C[C@H]1C(=O)CCc1ccc(N2CCOCC2)cc1)N1Cc2ccccc2C1=O.Cc1ncsc1-c1ccc(CCC(=O)[C@@H]2C[C@@H](O)CN2C(=O)[C@H](C(C)C)N2Cc3ccccc3C2=O)cc1F. The number of anilines is 1. The Balaban J connectivity index is 0.000000146. The molecule has 8 aliphatic rings. The van der Waals surface area contributed by atoms with Crippen LogP contribution in [0.2, 0.25) is 0 Å². The van der Waals surface area contributed by atoms with E-state index in [1.54, 1.807) is 68.1 Å². The molecule has 12 atom stereocenters. The Kier molecular flexibility index (Phi) is 34.8. The van der Waals surface area contributed by atoms with E-state index in [1.165, 1.54) is 50.9 Å². The normalized spacial score (nSPS) is 20.3. The number of aryl methyl sites for hydroxylation is 7. The zero-order valence-corrected chi connectivity index (χ0v) is 85.5. The number of hydrogen-bond donors (Lipinski definition) is 4. The summed E-state index contributed by atoms with van der Waals surface area (Å²) in [5, 5.41) is 45.5. The molecular weight excluding hydrogens is 1880 g/mol. The topological polar surface area (TPSA) is 374 Å². The van der Waals surface area contributed by atoms with E-state index in [4.69, 9.17) is 9.47 Å². The van der Waals surface area contributed by atoms with Crippen molar-refractivity contribution in [2.75, 3.05) is 57.4 Å². The van der Waals surface area contributed by atoms with Gasteiger partial charge in [-0.15, -0.1) is 22.7 Å². The van der Waals surface area contributed by atoms with Crippen LogP contribution in [0.15, 0.2) is 187 Å². The molecule has 0 aliphatic carbocycles. The third kappa shape index (κ3) is 24.7. The number of amides is 7. The number of benzene rings is 7. The van der Waals surface area contributed by atoms with Crippen LogP contribution < -0.4 is 4.90 Å². The summed E-state index contributed by atoms with van der Waals surface area (Å²) in [6.07, 6.45) is 1.45. The average molecular weight is 2010 g/mol. The maximum absolute atomic E-state index is 14.9. The molecule has 0 unspecified atom stereocenters. The van der Waals surface area contributed by atoms with E-state index in [0.717, 1.165) is 103 Å². The summed E-state index contributed by atoms with van der Waals surface area (Å²) in [4.78, 5) is 181. The lowest BCUT2D eigenvalue weighted by Crippen LogP contribution is -2.54. The number of esters is 1. The van der Waals surface area contributed by atoms with Crippen LogP contribution in [0.25, 0.3) is 32.1 Å². The lowest BCUT2D eigenvalue weighted by atomic mass is 9.97. The first-order chi connectivity index (χ1) is 69.5. The largest absolute Gasteiger partial charge is 0.453 e. The molecule has 11 heterocycles. The van der Waals surface area contributed by atoms with Crippen molar-refractivity contribution >= 4 is 98.8 Å². The summed E-state index contributed by atoms with van der Waals surface area (Å²) in [6, 6.07) is 48.5. The Morgan fingerprint density at radius 3 is 1.12 bits per heavy atom. The number of aliphatic hydroxyl groups excluding tert-OH is 4. The van der Waals surface area contributed by atoms with Crippen LogP contribution in [0, 0.1) is 37.4 Å². The Labute approximate surface area is 852 Å². The molecule has 8 aliphatic heterocycles. The lowest BCUT2D eigenvalue weighted by molar-refractivity contribution is -0.158. The number of halogens is 1. The number of carbonyl (C=O) groups is 12. The minimum Gasteiger partial charge on any atom is -0.453 e. The molecule has 5 fully saturated rings. The van der Waals surface area contributed by atoms with E-state index in [9.17, 15) is 82.4 Å². The monoisotopic (exact) mass is 2010 g/mol. The molecule has 18 rings (SSSR count). The highest BCUT2D eigenvalue weighted by Gasteiger charge is 2.51. The zero-order valence-electron chi connectivity index (χ0n) is 83.9. The molecule has 0 bridgehead atoms. The van der Waals surface area contributed by atoms with Gasteiger partial charge in [-0.3, -0.25) is 62.2 Å². The maximum Gasteiger partial charge on any atom is 0.303 e. The maximum atomic E-state index is 14.9. The summed E-state index contributed by atoms with van der Waals surface area (Å²) < 4.78 is 27.0. The van der Waals surface area contributed by atoms with E-state index in [2.05, 4.69) is 44.2 Å². The molecular formula is C112H129FN12O18S2. The molecule has 0 saturated carbocycles. The third-order valence-corrected chi connectivity index (χ3v) is 30.6. The standard InChI is InChI=1S/C30H32FN3O4S.C30H34N4O4.C30H37N3O5.C22H26N2O5S/c1-17(2)27(34-14-20-6-4-5-7-22(20)29(34)37)30(38)33-15-21(35)13-25(33)26(36)11-9-19-8-10-23(24(31)12-19)28-18(3)32-16-39-28;1-19(2)28(34-17-22-6-4-5-7-24(22)29(34)37)30(38)33-18-23(35)16-26(33)27(36)13-10-20-8-11-21(12-9-20)25-14-15-31-32(25)3;1-20(2)28(33-18-22-5-3-4-6-25(22)29(33)36)30(37)32-19-24(34)17-26(32)27(35)12-9-21-7-10-23(11-8-21)31-13-15-38-16-14-31;1-13-21(30-12-23-13)17-7-4-16(5-8-17)6-9-20(27)19-10-18(26)11-24(19)22(28)14(2)29-15(3)25/h4-8,10,12,16-17,21,25,27,35H,9,11,13-15H2,1-3H3;4-9,11-12,14-15,19,23,26,28,35H,10,13,16-18H2,1-3H3;3-8,10-11,20,24,26,28,34H,9,12-19H2,1-2H3;4-5,7-8,12,14,18-19,26H,6,9-11H2,1-3H3/t21-,25+,27+;23-,26+,28+;24-,26+,28+;14-,18+,19-/m1110/s1. The van der Waals surface area contributed by atoms with Gasteiger partial charge >= 0.3 is 5.97 Å². The second-order valence-corrected chi connectivity index (χ2v) is 41.6. The second-order valence-electron chi connectivity index (χ2n) is 39.9.